The fourth-order valence-electron chi connectivity index (χ4n) is 2.90. The maximum atomic E-state index is 12.1. The SMILES string of the molecule is O=C(NCc1ccnc(-c2ccc(COCC(F)(F)F)nc2)c1)[C@@H]1CCCN1. The lowest BCUT2D eigenvalue weighted by Gasteiger charge is -2.11. The topological polar surface area (TPSA) is 76.1 Å². The number of rotatable bonds is 7. The van der Waals surface area contributed by atoms with Crippen molar-refractivity contribution in [1.29, 1.82) is 0 Å². The van der Waals surface area contributed by atoms with Crippen LogP contribution >= 0.6 is 0 Å². The number of hydrogen-bond acceptors (Lipinski definition) is 5. The first kappa shape index (κ1) is 20.2. The van der Waals surface area contributed by atoms with Gasteiger partial charge in [0.15, 0.2) is 0 Å². The summed E-state index contributed by atoms with van der Waals surface area (Å²) < 4.78 is 40.9. The number of nitrogens with zero attached hydrogens (tertiary/aromatic N) is 2. The molecule has 150 valence electrons. The van der Waals surface area contributed by atoms with Gasteiger partial charge in [0.1, 0.15) is 6.61 Å². The summed E-state index contributed by atoms with van der Waals surface area (Å²) in [5.74, 6) is -0.0132. The third-order valence-corrected chi connectivity index (χ3v) is 4.30. The first-order valence-corrected chi connectivity index (χ1v) is 8.96. The van der Waals surface area contributed by atoms with Crippen LogP contribution in [0.4, 0.5) is 13.2 Å². The van der Waals surface area contributed by atoms with Crippen LogP contribution in [0.25, 0.3) is 11.3 Å². The number of carbonyl (C=O) groups is 1. The molecule has 28 heavy (non-hydrogen) atoms. The van der Waals surface area contributed by atoms with Crippen molar-refractivity contribution in [3.63, 3.8) is 0 Å². The maximum absolute atomic E-state index is 12.1. The van der Waals surface area contributed by atoms with E-state index in [0.717, 1.165) is 30.5 Å². The number of amides is 1. The summed E-state index contributed by atoms with van der Waals surface area (Å²) in [6.07, 6.45) is 0.678. The molecule has 2 aromatic heterocycles. The normalized spacial score (nSPS) is 16.9. The van der Waals surface area contributed by atoms with Crippen LogP contribution in [-0.4, -0.2) is 41.2 Å². The Kier molecular flexibility index (Phi) is 6.58. The predicted octanol–water partition coefficient (Wildman–Crippen LogP) is 2.59. The summed E-state index contributed by atoms with van der Waals surface area (Å²) in [5, 5.41) is 6.06. The van der Waals surface area contributed by atoms with Gasteiger partial charge in [-0.05, 0) is 49.2 Å². The van der Waals surface area contributed by atoms with Gasteiger partial charge in [0.2, 0.25) is 5.91 Å². The van der Waals surface area contributed by atoms with E-state index in [-0.39, 0.29) is 18.6 Å². The molecule has 9 heteroatoms. The Morgan fingerprint density at radius 3 is 2.82 bits per heavy atom. The van der Waals surface area contributed by atoms with Gasteiger partial charge >= 0.3 is 6.18 Å². The number of alkyl halides is 3. The maximum Gasteiger partial charge on any atom is 0.411 e. The summed E-state index contributed by atoms with van der Waals surface area (Å²) in [5.41, 5.74) is 2.70. The Bertz CT molecular complexity index is 791. The van der Waals surface area contributed by atoms with Gasteiger partial charge < -0.3 is 15.4 Å². The second-order valence-corrected chi connectivity index (χ2v) is 6.56. The van der Waals surface area contributed by atoms with Crippen LogP contribution in [0, 0.1) is 0 Å². The van der Waals surface area contributed by atoms with E-state index in [1.54, 1.807) is 24.5 Å². The van der Waals surface area contributed by atoms with Gasteiger partial charge in [0, 0.05) is 24.5 Å². The minimum Gasteiger partial charge on any atom is -0.366 e. The highest BCUT2D eigenvalue weighted by Crippen LogP contribution is 2.19. The number of pyridine rings is 2. The molecule has 0 spiro atoms. The molecule has 3 rings (SSSR count). The molecule has 0 radical (unpaired) electrons. The van der Waals surface area contributed by atoms with E-state index in [0.29, 0.717) is 17.9 Å². The van der Waals surface area contributed by atoms with Crippen LogP contribution in [0.3, 0.4) is 0 Å². The van der Waals surface area contributed by atoms with Crippen LogP contribution in [0.5, 0.6) is 0 Å². The number of ether oxygens (including phenoxy) is 1. The van der Waals surface area contributed by atoms with Crippen LogP contribution in [0.1, 0.15) is 24.1 Å². The third-order valence-electron chi connectivity index (χ3n) is 4.30. The Hall–Kier alpha value is -2.52. The molecule has 6 nitrogen and oxygen atoms in total. The quantitative estimate of drug-likeness (QED) is 0.755. The van der Waals surface area contributed by atoms with Gasteiger partial charge in [-0.3, -0.25) is 14.8 Å². The summed E-state index contributed by atoms with van der Waals surface area (Å²) in [7, 11) is 0. The molecule has 1 aliphatic rings. The van der Waals surface area contributed by atoms with E-state index in [1.807, 2.05) is 12.1 Å². The molecule has 0 aromatic carbocycles. The van der Waals surface area contributed by atoms with Crippen LogP contribution < -0.4 is 10.6 Å². The van der Waals surface area contributed by atoms with E-state index in [2.05, 4.69) is 25.3 Å². The van der Waals surface area contributed by atoms with Crippen LogP contribution in [0.15, 0.2) is 36.7 Å². The van der Waals surface area contributed by atoms with Crippen molar-refractivity contribution in [2.45, 2.75) is 38.2 Å². The zero-order valence-electron chi connectivity index (χ0n) is 15.1. The summed E-state index contributed by atoms with van der Waals surface area (Å²) in [4.78, 5) is 20.5. The number of carbonyl (C=O) groups excluding carboxylic acids is 1. The number of halogens is 3. The zero-order chi connectivity index (χ0) is 20.0. The molecule has 1 saturated heterocycles. The average molecular weight is 394 g/mol. The van der Waals surface area contributed by atoms with Gasteiger partial charge in [0.25, 0.3) is 0 Å². The van der Waals surface area contributed by atoms with Crippen molar-refractivity contribution >= 4 is 5.91 Å². The molecule has 0 bridgehead atoms. The van der Waals surface area contributed by atoms with Gasteiger partial charge in [-0.25, -0.2) is 0 Å². The molecule has 0 saturated carbocycles. The lowest BCUT2D eigenvalue weighted by molar-refractivity contribution is -0.176. The summed E-state index contributed by atoms with van der Waals surface area (Å²) >= 11 is 0. The van der Waals surface area contributed by atoms with Crippen molar-refractivity contribution in [1.82, 2.24) is 20.6 Å². The first-order chi connectivity index (χ1) is 13.4. The van der Waals surface area contributed by atoms with E-state index >= 15 is 0 Å². The van der Waals surface area contributed by atoms with Gasteiger partial charge in [-0.2, -0.15) is 13.2 Å². The Labute approximate surface area is 160 Å². The van der Waals surface area contributed by atoms with Crippen molar-refractivity contribution in [3.05, 3.63) is 47.9 Å². The lowest BCUT2D eigenvalue weighted by Crippen LogP contribution is -2.40. The number of hydrogen-bond donors (Lipinski definition) is 2. The molecule has 2 aromatic rings. The van der Waals surface area contributed by atoms with Gasteiger partial charge in [-0.1, -0.05) is 0 Å². The second-order valence-electron chi connectivity index (χ2n) is 6.56. The van der Waals surface area contributed by atoms with Crippen molar-refractivity contribution in [2.24, 2.45) is 0 Å². The fraction of sp³-hybridized carbons (Fsp3) is 0.421. The predicted molar refractivity (Wildman–Crippen MR) is 96.1 cm³/mol. The van der Waals surface area contributed by atoms with Crippen LogP contribution in [-0.2, 0) is 22.7 Å². The largest absolute Gasteiger partial charge is 0.411 e. The highest BCUT2D eigenvalue weighted by molar-refractivity contribution is 5.82. The molecular formula is C19H21F3N4O2. The number of aromatic nitrogens is 2. The smallest absolute Gasteiger partial charge is 0.366 e. The summed E-state index contributed by atoms with van der Waals surface area (Å²) in [6.45, 7) is -0.262. The zero-order valence-corrected chi connectivity index (χ0v) is 15.1. The molecule has 1 amide bonds. The van der Waals surface area contributed by atoms with E-state index < -0.39 is 12.8 Å². The van der Waals surface area contributed by atoms with Crippen molar-refractivity contribution in [3.8, 4) is 11.3 Å². The Morgan fingerprint density at radius 2 is 2.14 bits per heavy atom. The molecule has 1 atom stereocenters. The van der Waals surface area contributed by atoms with E-state index in [1.165, 1.54) is 0 Å². The summed E-state index contributed by atoms with van der Waals surface area (Å²) in [6, 6.07) is 6.87. The molecular weight excluding hydrogens is 373 g/mol. The van der Waals surface area contributed by atoms with Crippen molar-refractivity contribution < 1.29 is 22.7 Å². The van der Waals surface area contributed by atoms with Crippen molar-refractivity contribution in [2.75, 3.05) is 13.2 Å². The standard InChI is InChI=1S/C19H21F3N4O2/c20-19(21,22)12-28-11-15-4-3-14(10-25-15)17-8-13(5-7-24-17)9-26-18(27)16-2-1-6-23-16/h3-5,7-8,10,16,23H,1-2,6,9,11-12H2,(H,26,27)/t16-/m0/s1. The third kappa shape index (κ3) is 6.00. The lowest BCUT2D eigenvalue weighted by atomic mass is 10.1. The molecule has 2 N–H and O–H groups in total. The average Bonchev–Trinajstić information content (AvgIpc) is 3.21. The van der Waals surface area contributed by atoms with Crippen LogP contribution in [0.2, 0.25) is 0 Å². The number of nitrogens with one attached hydrogen (secondary N) is 2. The molecule has 0 unspecified atom stereocenters. The molecule has 0 aliphatic carbocycles. The Morgan fingerprint density at radius 1 is 1.29 bits per heavy atom. The minimum absolute atomic E-state index is 0.0132. The fourth-order valence-corrected chi connectivity index (χ4v) is 2.90. The van der Waals surface area contributed by atoms with E-state index in [4.69, 9.17) is 0 Å². The van der Waals surface area contributed by atoms with E-state index in [9.17, 15) is 18.0 Å². The molecule has 1 fully saturated rings. The van der Waals surface area contributed by atoms with Gasteiger partial charge in [-0.15, -0.1) is 0 Å². The second kappa shape index (κ2) is 9.11. The van der Waals surface area contributed by atoms with Gasteiger partial charge in [0.05, 0.1) is 24.0 Å². The first-order valence-electron chi connectivity index (χ1n) is 8.96. The molecule has 3 heterocycles. The highest BCUT2D eigenvalue weighted by Gasteiger charge is 2.27. The highest BCUT2D eigenvalue weighted by atomic mass is 19.4. The monoisotopic (exact) mass is 394 g/mol. The molecule has 1 aliphatic heterocycles. The Balaban J connectivity index is 1.56. The minimum atomic E-state index is -4.35.